The van der Waals surface area contributed by atoms with Gasteiger partial charge in [0.1, 0.15) is 0 Å². The highest BCUT2D eigenvalue weighted by Crippen LogP contribution is 2.30. The van der Waals surface area contributed by atoms with E-state index < -0.39 is 22.3 Å². The minimum atomic E-state index is -1.12. The van der Waals surface area contributed by atoms with Gasteiger partial charge in [0.2, 0.25) is 5.82 Å². The second-order valence-corrected chi connectivity index (χ2v) is 5.80. The first-order valence-electron chi connectivity index (χ1n) is 6.11. The number of aryl methyl sites for hydroxylation is 1. The number of benzene rings is 2. The van der Waals surface area contributed by atoms with Crippen LogP contribution in [0.1, 0.15) is 15.9 Å². The van der Waals surface area contributed by atoms with Crippen molar-refractivity contribution in [2.24, 2.45) is 0 Å². The van der Waals surface area contributed by atoms with Gasteiger partial charge in [-0.25, -0.2) is 0 Å². The molecular weight excluding hydrogens is 370 g/mol. The lowest BCUT2D eigenvalue weighted by molar-refractivity contribution is -0.387. The molecule has 9 heteroatoms. The van der Waals surface area contributed by atoms with Gasteiger partial charge in [0.25, 0.3) is 5.91 Å². The minimum absolute atomic E-state index is 0.226. The highest BCUT2D eigenvalue weighted by Gasteiger charge is 2.22. The Bertz CT molecular complexity index is 827. The van der Waals surface area contributed by atoms with E-state index in [4.69, 9.17) is 34.8 Å². The summed E-state index contributed by atoms with van der Waals surface area (Å²) >= 11 is 17.5. The molecule has 0 saturated heterocycles. The summed E-state index contributed by atoms with van der Waals surface area (Å²) in [5, 5.41) is 13.6. The molecule has 2 aromatic carbocycles. The van der Waals surface area contributed by atoms with Crippen molar-refractivity contribution < 1.29 is 14.1 Å². The number of nitrogens with one attached hydrogen (secondary N) is 1. The number of halogens is 4. The van der Waals surface area contributed by atoms with E-state index in [0.717, 1.165) is 12.1 Å². The molecule has 0 aliphatic rings. The Morgan fingerprint density at radius 2 is 1.74 bits per heavy atom. The van der Waals surface area contributed by atoms with Gasteiger partial charge in [-0.1, -0.05) is 34.8 Å². The molecule has 2 rings (SSSR count). The van der Waals surface area contributed by atoms with E-state index in [-0.39, 0.29) is 15.6 Å². The van der Waals surface area contributed by atoms with Crippen LogP contribution in [-0.2, 0) is 0 Å². The molecule has 23 heavy (non-hydrogen) atoms. The Kier molecular flexibility index (Phi) is 5.09. The van der Waals surface area contributed by atoms with E-state index in [9.17, 15) is 19.3 Å². The van der Waals surface area contributed by atoms with Crippen molar-refractivity contribution in [1.29, 1.82) is 0 Å². The normalized spacial score (nSPS) is 10.5. The standard InChI is InChI=1S/C14H8Cl3FN2O3/c1-6-2-9(16)10(17)5-12(6)19-14(21)7-3-13(20(22)23)11(18)4-8(7)15/h2-5H,1H3,(H,19,21). The summed E-state index contributed by atoms with van der Waals surface area (Å²) in [4.78, 5) is 22.1. The van der Waals surface area contributed by atoms with E-state index >= 15 is 0 Å². The van der Waals surface area contributed by atoms with Crippen molar-refractivity contribution >= 4 is 52.1 Å². The third-order valence-electron chi connectivity index (χ3n) is 2.99. The van der Waals surface area contributed by atoms with E-state index in [1.54, 1.807) is 13.0 Å². The van der Waals surface area contributed by atoms with Crippen molar-refractivity contribution in [3.05, 3.63) is 66.4 Å². The first-order chi connectivity index (χ1) is 10.7. The van der Waals surface area contributed by atoms with Crippen LogP contribution in [0, 0.1) is 22.9 Å². The van der Waals surface area contributed by atoms with Gasteiger partial charge in [0.15, 0.2) is 0 Å². The highest BCUT2D eigenvalue weighted by atomic mass is 35.5. The number of carbonyl (C=O) groups is 1. The van der Waals surface area contributed by atoms with Gasteiger partial charge in [0, 0.05) is 17.8 Å². The maximum Gasteiger partial charge on any atom is 0.305 e. The van der Waals surface area contributed by atoms with Gasteiger partial charge in [-0.05, 0) is 24.6 Å². The van der Waals surface area contributed by atoms with Crippen LogP contribution in [0.15, 0.2) is 24.3 Å². The molecule has 0 aliphatic heterocycles. The molecule has 0 heterocycles. The Hall–Kier alpha value is -1.89. The summed E-state index contributed by atoms with van der Waals surface area (Å²) < 4.78 is 13.4. The van der Waals surface area contributed by atoms with Crippen LogP contribution >= 0.6 is 34.8 Å². The van der Waals surface area contributed by atoms with Crippen LogP contribution in [0.5, 0.6) is 0 Å². The molecule has 1 amide bonds. The van der Waals surface area contributed by atoms with E-state index in [0.29, 0.717) is 16.3 Å². The maximum absolute atomic E-state index is 13.4. The Balaban J connectivity index is 2.40. The maximum atomic E-state index is 13.4. The van der Waals surface area contributed by atoms with Crippen molar-refractivity contribution in [3.8, 4) is 0 Å². The van der Waals surface area contributed by atoms with Gasteiger partial charge in [-0.15, -0.1) is 0 Å². The molecule has 0 atom stereocenters. The molecule has 5 nitrogen and oxygen atoms in total. The number of carbonyl (C=O) groups excluding carboxylic acids is 1. The number of hydrogen-bond donors (Lipinski definition) is 1. The van der Waals surface area contributed by atoms with E-state index in [1.807, 2.05) is 0 Å². The zero-order valence-electron chi connectivity index (χ0n) is 11.5. The van der Waals surface area contributed by atoms with Crippen LogP contribution in [-0.4, -0.2) is 10.8 Å². The topological polar surface area (TPSA) is 72.2 Å². The molecule has 0 fully saturated rings. The molecule has 0 aromatic heterocycles. The molecule has 2 aromatic rings. The van der Waals surface area contributed by atoms with Crippen molar-refractivity contribution in [2.45, 2.75) is 6.92 Å². The first kappa shape index (κ1) is 17.5. The summed E-state index contributed by atoms with van der Waals surface area (Å²) in [6.45, 7) is 1.69. The van der Waals surface area contributed by atoms with Gasteiger partial charge < -0.3 is 5.32 Å². The van der Waals surface area contributed by atoms with Crippen LogP contribution in [0.25, 0.3) is 0 Å². The number of nitrogens with zero attached hydrogens (tertiary/aromatic N) is 1. The molecule has 0 bridgehead atoms. The third-order valence-corrected chi connectivity index (χ3v) is 4.03. The first-order valence-corrected chi connectivity index (χ1v) is 7.24. The number of nitro groups is 1. The summed E-state index contributed by atoms with van der Waals surface area (Å²) in [6.07, 6.45) is 0. The second kappa shape index (κ2) is 6.70. The summed E-state index contributed by atoms with van der Waals surface area (Å²) in [5.74, 6) is -1.86. The molecule has 0 radical (unpaired) electrons. The van der Waals surface area contributed by atoms with Crippen LogP contribution in [0.2, 0.25) is 15.1 Å². The smallest absolute Gasteiger partial charge is 0.305 e. The van der Waals surface area contributed by atoms with E-state index in [1.165, 1.54) is 6.07 Å². The summed E-state index contributed by atoms with van der Waals surface area (Å²) in [7, 11) is 0. The monoisotopic (exact) mass is 376 g/mol. The lowest BCUT2D eigenvalue weighted by Crippen LogP contribution is -2.14. The number of nitro benzene ring substituents is 1. The van der Waals surface area contributed by atoms with Crippen LogP contribution in [0.3, 0.4) is 0 Å². The average molecular weight is 378 g/mol. The molecule has 0 spiro atoms. The fourth-order valence-electron chi connectivity index (χ4n) is 1.82. The predicted molar refractivity (Wildman–Crippen MR) is 87.2 cm³/mol. The van der Waals surface area contributed by atoms with Crippen molar-refractivity contribution in [1.82, 2.24) is 0 Å². The van der Waals surface area contributed by atoms with E-state index in [2.05, 4.69) is 5.32 Å². The van der Waals surface area contributed by atoms with Crippen LogP contribution < -0.4 is 5.32 Å². The SMILES string of the molecule is Cc1cc(Cl)c(Cl)cc1NC(=O)c1cc([N+](=O)[O-])c(F)cc1Cl. The molecule has 0 saturated carbocycles. The Morgan fingerprint density at radius 3 is 2.35 bits per heavy atom. The van der Waals surface area contributed by atoms with Gasteiger partial charge in [-0.2, -0.15) is 4.39 Å². The largest absolute Gasteiger partial charge is 0.322 e. The molecule has 0 aliphatic carbocycles. The van der Waals surface area contributed by atoms with Crippen molar-refractivity contribution in [3.63, 3.8) is 0 Å². The third kappa shape index (κ3) is 3.72. The lowest BCUT2D eigenvalue weighted by atomic mass is 10.1. The predicted octanol–water partition coefficient (Wildman–Crippen LogP) is 5.25. The average Bonchev–Trinajstić information content (AvgIpc) is 2.44. The number of rotatable bonds is 3. The summed E-state index contributed by atoms with van der Waals surface area (Å²) in [5.41, 5.74) is -0.0939. The number of amides is 1. The fourth-order valence-corrected chi connectivity index (χ4v) is 2.44. The molecule has 1 N–H and O–H groups in total. The van der Waals surface area contributed by atoms with Gasteiger partial charge >= 0.3 is 5.69 Å². The minimum Gasteiger partial charge on any atom is -0.322 e. The molecule has 0 unspecified atom stereocenters. The fraction of sp³-hybridized carbons (Fsp3) is 0.0714. The lowest BCUT2D eigenvalue weighted by Gasteiger charge is -2.11. The van der Waals surface area contributed by atoms with Crippen molar-refractivity contribution in [2.75, 3.05) is 5.32 Å². The van der Waals surface area contributed by atoms with Crippen LogP contribution in [0.4, 0.5) is 15.8 Å². The zero-order valence-corrected chi connectivity index (χ0v) is 13.8. The summed E-state index contributed by atoms with van der Waals surface area (Å²) in [6, 6.07) is 4.48. The van der Waals surface area contributed by atoms with Gasteiger partial charge in [0.05, 0.1) is 25.6 Å². The quantitative estimate of drug-likeness (QED) is 0.586. The van der Waals surface area contributed by atoms with Gasteiger partial charge in [-0.3, -0.25) is 14.9 Å². The molecule has 120 valence electrons. The number of anilines is 1. The Labute approximate surface area is 145 Å². The zero-order chi connectivity index (χ0) is 17.3. The number of hydrogen-bond acceptors (Lipinski definition) is 3. The highest BCUT2D eigenvalue weighted by molar-refractivity contribution is 6.42. The second-order valence-electron chi connectivity index (χ2n) is 4.58. The Morgan fingerprint density at radius 1 is 1.13 bits per heavy atom. The molecular formula is C14H8Cl3FN2O3.